The second kappa shape index (κ2) is 6.19. The number of allylic oxidation sites excluding steroid dienone is 2. The third-order valence-electron chi connectivity index (χ3n) is 5.77. The van der Waals surface area contributed by atoms with Crippen LogP contribution in [0.1, 0.15) is 24.4 Å². The molecule has 0 amide bonds. The van der Waals surface area contributed by atoms with Crippen LogP contribution in [0.4, 0.5) is 0 Å². The Morgan fingerprint density at radius 3 is 2.71 bits per heavy atom. The molecule has 24 heavy (non-hydrogen) atoms. The van der Waals surface area contributed by atoms with Crippen LogP contribution < -0.4 is 5.32 Å². The van der Waals surface area contributed by atoms with Gasteiger partial charge in [-0.2, -0.15) is 0 Å². The molecule has 126 valence electrons. The average molecular weight is 325 g/mol. The number of rotatable bonds is 2. The van der Waals surface area contributed by atoms with Crippen molar-refractivity contribution in [2.45, 2.75) is 24.9 Å². The predicted molar refractivity (Wildman–Crippen MR) is 91.3 cm³/mol. The van der Waals surface area contributed by atoms with Crippen molar-refractivity contribution in [3.63, 3.8) is 0 Å². The van der Waals surface area contributed by atoms with Crippen LogP contribution in [-0.2, 0) is 14.3 Å². The molecule has 3 unspecified atom stereocenters. The Balaban J connectivity index is 1.77. The fourth-order valence-electron chi connectivity index (χ4n) is 4.58. The van der Waals surface area contributed by atoms with E-state index >= 15 is 0 Å². The van der Waals surface area contributed by atoms with Crippen LogP contribution in [0.5, 0.6) is 0 Å². The third kappa shape index (κ3) is 2.33. The van der Waals surface area contributed by atoms with Gasteiger partial charge in [-0.1, -0.05) is 54.1 Å². The van der Waals surface area contributed by atoms with Gasteiger partial charge in [0.2, 0.25) is 0 Å². The number of fused-ring (bicyclic) bond motifs is 2. The predicted octanol–water partition coefficient (Wildman–Crippen LogP) is 2.78. The lowest BCUT2D eigenvalue weighted by Crippen LogP contribution is -2.60. The van der Waals surface area contributed by atoms with Gasteiger partial charge in [-0.05, 0) is 18.4 Å². The molecule has 1 spiro atoms. The van der Waals surface area contributed by atoms with Gasteiger partial charge in [0.1, 0.15) is 6.04 Å². The molecule has 2 aliphatic heterocycles. The zero-order valence-corrected chi connectivity index (χ0v) is 13.9. The zero-order chi connectivity index (χ0) is 16.6. The molecule has 1 aromatic rings. The molecule has 1 aromatic carbocycles. The van der Waals surface area contributed by atoms with Gasteiger partial charge < -0.3 is 9.47 Å². The minimum absolute atomic E-state index is 0.0915. The summed E-state index contributed by atoms with van der Waals surface area (Å²) in [6.45, 7) is 1.38. The normalized spacial score (nSPS) is 30.7. The maximum absolute atomic E-state index is 12.6. The van der Waals surface area contributed by atoms with E-state index in [1.165, 1.54) is 18.2 Å². The zero-order valence-electron chi connectivity index (χ0n) is 13.9. The molecule has 0 aromatic heterocycles. The Hall–Kier alpha value is -1.91. The Kier molecular flexibility index (Phi) is 4.02. The largest absolute Gasteiger partial charge is 0.468 e. The van der Waals surface area contributed by atoms with Gasteiger partial charge in [-0.3, -0.25) is 10.1 Å². The summed E-state index contributed by atoms with van der Waals surface area (Å²) in [4.78, 5) is 12.6. The Bertz CT molecular complexity index is 673. The van der Waals surface area contributed by atoms with E-state index in [4.69, 9.17) is 9.47 Å². The molecule has 1 aliphatic carbocycles. The Morgan fingerprint density at radius 2 is 2.00 bits per heavy atom. The van der Waals surface area contributed by atoms with E-state index in [1.807, 2.05) is 18.2 Å². The van der Waals surface area contributed by atoms with Gasteiger partial charge in [0.05, 0.1) is 7.11 Å². The summed E-state index contributed by atoms with van der Waals surface area (Å²) >= 11 is 0. The summed E-state index contributed by atoms with van der Waals surface area (Å²) in [6, 6.07) is 10.1. The van der Waals surface area contributed by atoms with E-state index in [0.717, 1.165) is 12.8 Å². The summed E-state index contributed by atoms with van der Waals surface area (Å²) in [6.07, 6.45) is 8.30. The van der Waals surface area contributed by atoms with Gasteiger partial charge in [0.25, 0.3) is 0 Å². The third-order valence-corrected chi connectivity index (χ3v) is 5.77. The van der Waals surface area contributed by atoms with E-state index in [0.29, 0.717) is 13.2 Å². The summed E-state index contributed by atoms with van der Waals surface area (Å²) in [5.74, 6) is 0.107. The maximum atomic E-state index is 12.6. The quantitative estimate of drug-likeness (QED) is 0.850. The molecule has 2 saturated heterocycles. The highest BCUT2D eigenvalue weighted by Crippen LogP contribution is 2.53. The van der Waals surface area contributed by atoms with Gasteiger partial charge in [0.15, 0.2) is 0 Å². The number of methoxy groups -OCH3 is 1. The number of ether oxygens (including phenoxy) is 2. The molecular formula is C20H23NO3. The van der Waals surface area contributed by atoms with E-state index in [2.05, 4.69) is 35.7 Å². The van der Waals surface area contributed by atoms with Crippen LogP contribution in [0.2, 0.25) is 0 Å². The monoisotopic (exact) mass is 325 g/mol. The van der Waals surface area contributed by atoms with Crippen molar-refractivity contribution in [2.75, 3.05) is 20.3 Å². The summed E-state index contributed by atoms with van der Waals surface area (Å²) in [7, 11) is 1.47. The second-order valence-corrected chi connectivity index (χ2v) is 6.81. The molecule has 1 N–H and O–H groups in total. The highest BCUT2D eigenvalue weighted by molar-refractivity contribution is 5.78. The maximum Gasteiger partial charge on any atom is 0.323 e. The molecular weight excluding hydrogens is 302 g/mol. The number of carbonyl (C=O) groups is 1. The van der Waals surface area contributed by atoms with Crippen molar-refractivity contribution < 1.29 is 14.3 Å². The molecule has 4 heteroatoms. The molecule has 0 bridgehead atoms. The minimum atomic E-state index is -0.334. The Morgan fingerprint density at radius 1 is 1.25 bits per heavy atom. The van der Waals surface area contributed by atoms with Gasteiger partial charge in [-0.15, -0.1) is 0 Å². The molecule has 4 rings (SSSR count). The number of hydrogen-bond donors (Lipinski definition) is 1. The standard InChI is InChI=1S/C20H23NO3/c1-23-19(22)18-20(10-12-24-13-11-20)16-9-5-8-15(16)17(21-18)14-6-3-2-4-7-14/h2-9,15,17-18,21H,10-13H2,1H3. The Labute approximate surface area is 142 Å². The highest BCUT2D eigenvalue weighted by Gasteiger charge is 2.54. The van der Waals surface area contributed by atoms with E-state index in [-0.39, 0.29) is 29.4 Å². The lowest BCUT2D eigenvalue weighted by atomic mass is 9.61. The molecule has 0 radical (unpaired) electrons. The van der Waals surface area contributed by atoms with E-state index < -0.39 is 0 Å². The van der Waals surface area contributed by atoms with Crippen molar-refractivity contribution in [3.8, 4) is 0 Å². The smallest absolute Gasteiger partial charge is 0.323 e. The van der Waals surface area contributed by atoms with Crippen LogP contribution in [-0.4, -0.2) is 32.3 Å². The molecule has 0 saturated carbocycles. The first-order valence-electron chi connectivity index (χ1n) is 8.62. The number of nitrogens with one attached hydrogen (secondary N) is 1. The molecule has 2 fully saturated rings. The van der Waals surface area contributed by atoms with E-state index in [1.54, 1.807) is 0 Å². The molecule has 2 heterocycles. The summed E-state index contributed by atoms with van der Waals surface area (Å²) in [5, 5.41) is 3.63. The summed E-state index contributed by atoms with van der Waals surface area (Å²) < 4.78 is 10.8. The van der Waals surface area contributed by atoms with Crippen molar-refractivity contribution in [3.05, 3.63) is 59.7 Å². The summed E-state index contributed by atoms with van der Waals surface area (Å²) in [5.41, 5.74) is 2.36. The number of esters is 1. The van der Waals surface area contributed by atoms with Crippen LogP contribution >= 0.6 is 0 Å². The van der Waals surface area contributed by atoms with Crippen LogP contribution in [0.25, 0.3) is 0 Å². The molecule has 3 atom stereocenters. The average Bonchev–Trinajstić information content (AvgIpc) is 3.14. The second-order valence-electron chi connectivity index (χ2n) is 6.81. The van der Waals surface area contributed by atoms with Crippen molar-refractivity contribution in [1.82, 2.24) is 5.32 Å². The molecule has 3 aliphatic rings. The van der Waals surface area contributed by atoms with Crippen LogP contribution in [0.3, 0.4) is 0 Å². The molecule has 4 nitrogen and oxygen atoms in total. The van der Waals surface area contributed by atoms with Gasteiger partial charge in [0, 0.05) is 30.6 Å². The SMILES string of the molecule is COC(=O)C1NC(c2ccccc2)C2C=CC=C2C12CCOCC2. The number of piperidine rings is 1. The lowest BCUT2D eigenvalue weighted by molar-refractivity contribution is -0.150. The van der Waals surface area contributed by atoms with Crippen molar-refractivity contribution in [1.29, 1.82) is 0 Å². The van der Waals surface area contributed by atoms with Crippen molar-refractivity contribution in [2.24, 2.45) is 11.3 Å². The van der Waals surface area contributed by atoms with Crippen LogP contribution in [0, 0.1) is 11.3 Å². The highest BCUT2D eigenvalue weighted by atomic mass is 16.5. The van der Waals surface area contributed by atoms with Crippen LogP contribution in [0.15, 0.2) is 54.1 Å². The number of carbonyl (C=O) groups excluding carboxylic acids is 1. The number of hydrogen-bond acceptors (Lipinski definition) is 4. The van der Waals surface area contributed by atoms with Crippen molar-refractivity contribution >= 4 is 5.97 Å². The van der Waals surface area contributed by atoms with E-state index in [9.17, 15) is 4.79 Å². The first kappa shape index (κ1) is 15.6. The first-order valence-corrected chi connectivity index (χ1v) is 8.62. The number of benzene rings is 1. The lowest BCUT2D eigenvalue weighted by Gasteiger charge is -2.52. The topological polar surface area (TPSA) is 47.6 Å². The minimum Gasteiger partial charge on any atom is -0.468 e. The fourth-order valence-corrected chi connectivity index (χ4v) is 4.58. The fraction of sp³-hybridized carbons (Fsp3) is 0.450. The first-order chi connectivity index (χ1) is 11.8. The van der Waals surface area contributed by atoms with Gasteiger partial charge in [-0.25, -0.2) is 0 Å². The van der Waals surface area contributed by atoms with Gasteiger partial charge >= 0.3 is 5.97 Å².